The lowest BCUT2D eigenvalue weighted by atomic mass is 10.2. The van der Waals surface area contributed by atoms with Crippen molar-refractivity contribution < 1.29 is 4.79 Å². The third-order valence-corrected chi connectivity index (χ3v) is 4.56. The Balaban J connectivity index is 1.85. The van der Waals surface area contributed by atoms with Crippen molar-refractivity contribution in [2.75, 3.05) is 0 Å². The van der Waals surface area contributed by atoms with Crippen LogP contribution in [-0.4, -0.2) is 37.8 Å². The van der Waals surface area contributed by atoms with Crippen LogP contribution in [0.5, 0.6) is 0 Å². The van der Waals surface area contributed by atoms with E-state index in [0.717, 1.165) is 17.8 Å². The summed E-state index contributed by atoms with van der Waals surface area (Å²) in [7, 11) is 0. The van der Waals surface area contributed by atoms with Crippen molar-refractivity contribution in [2.45, 2.75) is 38.8 Å². The SMILES string of the molecule is C[C@@H]1CC[C@H](C)N1C(=O)c1csc(-c2cnccn2)n1. The molecule has 2 atom stereocenters. The van der Waals surface area contributed by atoms with E-state index in [1.807, 2.05) is 10.3 Å². The second-order valence-corrected chi connectivity index (χ2v) is 5.97. The Labute approximate surface area is 121 Å². The summed E-state index contributed by atoms with van der Waals surface area (Å²) >= 11 is 1.43. The molecule has 1 amide bonds. The van der Waals surface area contributed by atoms with Gasteiger partial charge >= 0.3 is 0 Å². The molecule has 1 saturated heterocycles. The van der Waals surface area contributed by atoms with Crippen LogP contribution in [0.2, 0.25) is 0 Å². The van der Waals surface area contributed by atoms with Crippen molar-refractivity contribution in [3.05, 3.63) is 29.7 Å². The van der Waals surface area contributed by atoms with Crippen LogP contribution in [0.3, 0.4) is 0 Å². The summed E-state index contributed by atoms with van der Waals surface area (Å²) in [5.74, 6) is 0.0221. The first-order valence-electron chi connectivity index (χ1n) is 6.71. The molecule has 3 heterocycles. The van der Waals surface area contributed by atoms with Gasteiger partial charge in [-0.3, -0.25) is 14.8 Å². The molecule has 2 aromatic rings. The zero-order valence-electron chi connectivity index (χ0n) is 11.5. The number of rotatable bonds is 2. The van der Waals surface area contributed by atoms with Gasteiger partial charge in [0, 0.05) is 29.9 Å². The summed E-state index contributed by atoms with van der Waals surface area (Å²) < 4.78 is 0. The lowest BCUT2D eigenvalue weighted by Gasteiger charge is -2.25. The first kappa shape index (κ1) is 13.2. The average Bonchev–Trinajstić information content (AvgIpc) is 3.07. The van der Waals surface area contributed by atoms with Crippen LogP contribution in [-0.2, 0) is 0 Å². The predicted molar refractivity (Wildman–Crippen MR) is 77.5 cm³/mol. The molecule has 6 heteroatoms. The molecule has 0 aromatic carbocycles. The zero-order valence-corrected chi connectivity index (χ0v) is 12.3. The van der Waals surface area contributed by atoms with Gasteiger partial charge in [-0.05, 0) is 26.7 Å². The van der Waals surface area contributed by atoms with Crippen molar-refractivity contribution in [3.8, 4) is 10.7 Å². The summed E-state index contributed by atoms with van der Waals surface area (Å²) in [6.45, 7) is 4.19. The fraction of sp³-hybridized carbons (Fsp3) is 0.429. The van der Waals surface area contributed by atoms with Crippen molar-refractivity contribution in [1.29, 1.82) is 0 Å². The maximum absolute atomic E-state index is 12.5. The van der Waals surface area contributed by atoms with Gasteiger partial charge < -0.3 is 4.90 Å². The van der Waals surface area contributed by atoms with Crippen molar-refractivity contribution in [3.63, 3.8) is 0 Å². The van der Waals surface area contributed by atoms with E-state index in [0.29, 0.717) is 23.5 Å². The van der Waals surface area contributed by atoms with Crippen LogP contribution in [0.1, 0.15) is 37.2 Å². The molecule has 104 valence electrons. The first-order chi connectivity index (χ1) is 9.66. The van der Waals surface area contributed by atoms with Crippen LogP contribution in [0.15, 0.2) is 24.0 Å². The summed E-state index contributed by atoms with van der Waals surface area (Å²) in [4.78, 5) is 27.1. The van der Waals surface area contributed by atoms with Gasteiger partial charge in [-0.1, -0.05) is 0 Å². The van der Waals surface area contributed by atoms with E-state index in [1.165, 1.54) is 11.3 Å². The van der Waals surface area contributed by atoms with E-state index in [-0.39, 0.29) is 5.91 Å². The maximum Gasteiger partial charge on any atom is 0.273 e. The molecule has 1 aliphatic heterocycles. The molecule has 0 aliphatic carbocycles. The third-order valence-electron chi connectivity index (χ3n) is 3.69. The van der Waals surface area contributed by atoms with E-state index < -0.39 is 0 Å². The van der Waals surface area contributed by atoms with Crippen LogP contribution in [0.4, 0.5) is 0 Å². The molecule has 2 aromatic heterocycles. The van der Waals surface area contributed by atoms with Gasteiger partial charge in [-0.25, -0.2) is 4.98 Å². The van der Waals surface area contributed by atoms with Gasteiger partial charge in [0.1, 0.15) is 16.4 Å². The van der Waals surface area contributed by atoms with E-state index in [9.17, 15) is 4.79 Å². The minimum atomic E-state index is 0.0221. The zero-order chi connectivity index (χ0) is 14.1. The number of nitrogens with zero attached hydrogens (tertiary/aromatic N) is 4. The molecular weight excluding hydrogens is 272 g/mol. The van der Waals surface area contributed by atoms with Gasteiger partial charge in [-0.2, -0.15) is 0 Å². The molecule has 1 aliphatic rings. The summed E-state index contributed by atoms with van der Waals surface area (Å²) in [6.07, 6.45) is 7.04. The monoisotopic (exact) mass is 288 g/mol. The van der Waals surface area contributed by atoms with Crippen molar-refractivity contribution in [1.82, 2.24) is 19.9 Å². The van der Waals surface area contributed by atoms with E-state index in [2.05, 4.69) is 28.8 Å². The highest BCUT2D eigenvalue weighted by molar-refractivity contribution is 7.13. The number of carbonyl (C=O) groups excluding carboxylic acids is 1. The maximum atomic E-state index is 12.5. The highest BCUT2D eigenvalue weighted by Crippen LogP contribution is 2.27. The van der Waals surface area contributed by atoms with Crippen LogP contribution in [0.25, 0.3) is 10.7 Å². The summed E-state index contributed by atoms with van der Waals surface area (Å²) in [5, 5.41) is 2.55. The third kappa shape index (κ3) is 2.31. The van der Waals surface area contributed by atoms with Gasteiger partial charge in [0.2, 0.25) is 0 Å². The first-order valence-corrected chi connectivity index (χ1v) is 7.59. The molecule has 1 fully saturated rings. The number of aromatic nitrogens is 3. The number of amides is 1. The topological polar surface area (TPSA) is 59.0 Å². The molecule has 0 radical (unpaired) electrons. The highest BCUT2D eigenvalue weighted by Gasteiger charge is 2.33. The molecule has 0 saturated carbocycles. The lowest BCUT2D eigenvalue weighted by molar-refractivity contribution is 0.0687. The van der Waals surface area contributed by atoms with E-state index in [4.69, 9.17) is 0 Å². The number of likely N-dealkylation sites (tertiary alicyclic amines) is 1. The Bertz CT molecular complexity index is 603. The molecule has 0 spiro atoms. The van der Waals surface area contributed by atoms with Crippen molar-refractivity contribution in [2.24, 2.45) is 0 Å². The average molecular weight is 288 g/mol. The van der Waals surface area contributed by atoms with E-state index >= 15 is 0 Å². The molecule has 0 unspecified atom stereocenters. The summed E-state index contributed by atoms with van der Waals surface area (Å²) in [5.41, 5.74) is 1.22. The van der Waals surface area contributed by atoms with Crippen LogP contribution < -0.4 is 0 Å². The normalized spacial score (nSPS) is 22.2. The highest BCUT2D eigenvalue weighted by atomic mass is 32.1. The number of hydrogen-bond donors (Lipinski definition) is 0. The Morgan fingerprint density at radius 2 is 2.05 bits per heavy atom. The Kier molecular flexibility index (Phi) is 3.48. The van der Waals surface area contributed by atoms with Gasteiger partial charge in [-0.15, -0.1) is 11.3 Å². The summed E-state index contributed by atoms with van der Waals surface area (Å²) in [6, 6.07) is 0.582. The minimum absolute atomic E-state index is 0.0221. The standard InChI is InChI=1S/C14H16N4OS/c1-9-3-4-10(2)18(9)14(19)12-8-20-13(17-12)11-7-15-5-6-16-11/h5-10H,3-4H2,1-2H3/t9-,10+. The Morgan fingerprint density at radius 1 is 1.30 bits per heavy atom. The molecule has 3 rings (SSSR count). The smallest absolute Gasteiger partial charge is 0.273 e. The number of thiazole rings is 1. The van der Waals surface area contributed by atoms with Gasteiger partial charge in [0.05, 0.1) is 6.20 Å². The second kappa shape index (κ2) is 5.28. The van der Waals surface area contributed by atoms with E-state index in [1.54, 1.807) is 18.6 Å². The Morgan fingerprint density at radius 3 is 2.70 bits per heavy atom. The number of carbonyl (C=O) groups is 1. The lowest BCUT2D eigenvalue weighted by Crippen LogP contribution is -2.38. The molecule has 0 N–H and O–H groups in total. The van der Waals surface area contributed by atoms with Crippen LogP contribution in [0, 0.1) is 0 Å². The number of hydrogen-bond acceptors (Lipinski definition) is 5. The molecular formula is C14H16N4OS. The van der Waals surface area contributed by atoms with Crippen molar-refractivity contribution >= 4 is 17.2 Å². The van der Waals surface area contributed by atoms with Gasteiger partial charge in [0.15, 0.2) is 0 Å². The fourth-order valence-electron chi connectivity index (χ4n) is 2.63. The second-order valence-electron chi connectivity index (χ2n) is 5.12. The minimum Gasteiger partial charge on any atom is -0.332 e. The largest absolute Gasteiger partial charge is 0.332 e. The van der Waals surface area contributed by atoms with Crippen LogP contribution >= 0.6 is 11.3 Å². The molecule has 20 heavy (non-hydrogen) atoms. The predicted octanol–water partition coefficient (Wildman–Crippen LogP) is 2.61. The fourth-order valence-corrected chi connectivity index (χ4v) is 3.38. The quantitative estimate of drug-likeness (QED) is 0.852. The molecule has 0 bridgehead atoms. The Hall–Kier alpha value is -1.82. The molecule has 5 nitrogen and oxygen atoms in total. The van der Waals surface area contributed by atoms with Gasteiger partial charge in [0.25, 0.3) is 5.91 Å².